The maximum atomic E-state index is 11.7. The van der Waals surface area contributed by atoms with E-state index in [1.165, 1.54) is 7.11 Å². The first-order valence-electron chi connectivity index (χ1n) is 4.94. The molecule has 0 aromatic carbocycles. The highest BCUT2D eigenvalue weighted by Gasteiger charge is 2.63. The molecule has 2 atom stereocenters. The van der Waals surface area contributed by atoms with Gasteiger partial charge in [0.2, 0.25) is 0 Å². The van der Waals surface area contributed by atoms with Crippen molar-refractivity contribution in [2.24, 2.45) is 5.41 Å². The van der Waals surface area contributed by atoms with Crippen LogP contribution in [0.25, 0.3) is 0 Å². The maximum absolute atomic E-state index is 11.7. The lowest BCUT2D eigenvalue weighted by Gasteiger charge is -2.40. The van der Waals surface area contributed by atoms with Crippen LogP contribution < -0.4 is 0 Å². The predicted octanol–water partition coefficient (Wildman–Crippen LogP) is -0.340. The lowest BCUT2D eigenvalue weighted by molar-refractivity contribution is -0.172. The molecule has 1 N–H and O–H groups in total. The van der Waals surface area contributed by atoms with Gasteiger partial charge in [-0.15, -0.1) is 0 Å². The number of methoxy groups -OCH3 is 1. The van der Waals surface area contributed by atoms with Gasteiger partial charge in [-0.25, -0.2) is 0 Å². The Hall–Kier alpha value is -0.940. The summed E-state index contributed by atoms with van der Waals surface area (Å²) in [4.78, 5) is 23.0. The van der Waals surface area contributed by atoms with Crippen molar-refractivity contribution in [3.05, 3.63) is 0 Å². The Labute approximate surface area is 87.4 Å². The number of fused-ring (bicyclic) bond motifs is 1. The predicted molar refractivity (Wildman–Crippen MR) is 49.1 cm³/mol. The van der Waals surface area contributed by atoms with E-state index < -0.39 is 17.0 Å². The van der Waals surface area contributed by atoms with Crippen LogP contribution in [-0.4, -0.2) is 42.8 Å². The second kappa shape index (κ2) is 3.28. The maximum Gasteiger partial charge on any atom is 0.317 e. The quantitative estimate of drug-likeness (QED) is 0.604. The highest BCUT2D eigenvalue weighted by Crippen LogP contribution is 2.48. The van der Waals surface area contributed by atoms with E-state index in [9.17, 15) is 14.7 Å². The fourth-order valence-corrected chi connectivity index (χ4v) is 2.51. The molecule has 1 saturated heterocycles. The van der Waals surface area contributed by atoms with Crippen molar-refractivity contribution < 1.29 is 24.2 Å². The topological polar surface area (TPSA) is 72.8 Å². The summed E-state index contributed by atoms with van der Waals surface area (Å²) in [6.45, 7) is 0.178. The van der Waals surface area contributed by atoms with Crippen LogP contribution in [0.15, 0.2) is 0 Å². The van der Waals surface area contributed by atoms with Crippen LogP contribution in [0.2, 0.25) is 0 Å². The van der Waals surface area contributed by atoms with Crippen LogP contribution in [0.5, 0.6) is 0 Å². The standard InChI is InChI=1S/C10H14O5/c1-14-8(12)9-3-2-7(11)4-10(9,13)6-15-5-9/h13H,2-6H2,1H3. The minimum Gasteiger partial charge on any atom is -0.468 e. The molecule has 2 rings (SSSR count). The third kappa shape index (κ3) is 1.30. The second-order valence-corrected chi connectivity index (χ2v) is 4.31. The lowest BCUT2D eigenvalue weighted by atomic mass is 9.64. The monoisotopic (exact) mass is 214 g/mol. The molecule has 2 aliphatic rings. The van der Waals surface area contributed by atoms with Gasteiger partial charge in [-0.05, 0) is 6.42 Å². The Bertz CT molecular complexity index is 313. The summed E-state index contributed by atoms with van der Waals surface area (Å²) in [7, 11) is 1.28. The van der Waals surface area contributed by atoms with Crippen molar-refractivity contribution in [2.75, 3.05) is 20.3 Å². The molecule has 0 amide bonds. The number of Topliss-reactive ketones (excluding diaryl/α,β-unsaturated/α-hetero) is 1. The molecule has 1 aliphatic heterocycles. The van der Waals surface area contributed by atoms with Crippen LogP contribution in [0, 0.1) is 5.41 Å². The Morgan fingerprint density at radius 3 is 2.93 bits per heavy atom. The molecule has 84 valence electrons. The molecule has 5 nitrogen and oxygen atoms in total. The summed E-state index contributed by atoms with van der Waals surface area (Å²) in [5, 5.41) is 10.3. The highest BCUT2D eigenvalue weighted by molar-refractivity contribution is 5.87. The van der Waals surface area contributed by atoms with Gasteiger partial charge < -0.3 is 14.6 Å². The summed E-state index contributed by atoms with van der Waals surface area (Å²) in [6, 6.07) is 0. The van der Waals surface area contributed by atoms with Crippen LogP contribution in [0.1, 0.15) is 19.3 Å². The average Bonchev–Trinajstić information content (AvgIpc) is 2.54. The second-order valence-electron chi connectivity index (χ2n) is 4.31. The van der Waals surface area contributed by atoms with Crippen molar-refractivity contribution >= 4 is 11.8 Å². The lowest BCUT2D eigenvalue weighted by Crippen LogP contribution is -2.56. The zero-order valence-electron chi connectivity index (χ0n) is 8.62. The van der Waals surface area contributed by atoms with Crippen LogP contribution in [0.4, 0.5) is 0 Å². The van der Waals surface area contributed by atoms with Gasteiger partial charge in [-0.2, -0.15) is 0 Å². The fourth-order valence-electron chi connectivity index (χ4n) is 2.51. The zero-order valence-corrected chi connectivity index (χ0v) is 8.62. The van der Waals surface area contributed by atoms with Gasteiger partial charge in [0.15, 0.2) is 0 Å². The molecule has 1 aliphatic carbocycles. The summed E-state index contributed by atoms with van der Waals surface area (Å²) >= 11 is 0. The SMILES string of the molecule is COC(=O)C12CCC(=O)CC1(O)COC2. The number of hydrogen-bond acceptors (Lipinski definition) is 5. The normalized spacial score (nSPS) is 40.0. The van der Waals surface area contributed by atoms with E-state index in [1.807, 2.05) is 0 Å². The minimum atomic E-state index is -1.37. The smallest absolute Gasteiger partial charge is 0.317 e. The number of ketones is 1. The number of hydrogen-bond donors (Lipinski definition) is 1. The van der Waals surface area contributed by atoms with Crippen LogP contribution in [-0.2, 0) is 19.1 Å². The molecule has 2 fully saturated rings. The van der Waals surface area contributed by atoms with Gasteiger partial charge in [0.25, 0.3) is 0 Å². The molecule has 0 radical (unpaired) electrons. The number of carbonyl (C=O) groups excluding carboxylic acids is 2. The number of aliphatic hydroxyl groups is 1. The molecule has 5 heteroatoms. The van der Waals surface area contributed by atoms with E-state index in [-0.39, 0.29) is 25.4 Å². The molecule has 0 aromatic heterocycles. The minimum absolute atomic E-state index is 0.0118. The van der Waals surface area contributed by atoms with Gasteiger partial charge in [-0.3, -0.25) is 9.59 Å². The number of ether oxygens (including phenoxy) is 2. The van der Waals surface area contributed by atoms with E-state index in [4.69, 9.17) is 9.47 Å². The Kier molecular flexibility index (Phi) is 2.31. The number of esters is 1. The summed E-state index contributed by atoms with van der Waals surface area (Å²) in [6.07, 6.45) is 0.609. The molecule has 15 heavy (non-hydrogen) atoms. The average molecular weight is 214 g/mol. The summed E-state index contributed by atoms with van der Waals surface area (Å²) in [5.74, 6) is -0.502. The van der Waals surface area contributed by atoms with E-state index in [0.29, 0.717) is 12.8 Å². The fraction of sp³-hybridized carbons (Fsp3) is 0.800. The van der Waals surface area contributed by atoms with Gasteiger partial charge >= 0.3 is 5.97 Å². The largest absolute Gasteiger partial charge is 0.468 e. The first kappa shape index (κ1) is 10.6. The Morgan fingerprint density at radius 2 is 2.27 bits per heavy atom. The van der Waals surface area contributed by atoms with Crippen molar-refractivity contribution in [2.45, 2.75) is 24.9 Å². The molecule has 2 unspecified atom stereocenters. The van der Waals surface area contributed by atoms with E-state index in [1.54, 1.807) is 0 Å². The molecule has 0 bridgehead atoms. The van der Waals surface area contributed by atoms with Gasteiger partial charge in [0.1, 0.15) is 16.8 Å². The molecular formula is C10H14O5. The first-order chi connectivity index (χ1) is 7.04. The highest BCUT2D eigenvalue weighted by atomic mass is 16.5. The summed E-state index contributed by atoms with van der Waals surface area (Å²) < 4.78 is 9.87. The molecule has 0 spiro atoms. The summed E-state index contributed by atoms with van der Waals surface area (Å²) in [5.41, 5.74) is -2.40. The van der Waals surface area contributed by atoms with Gasteiger partial charge in [0, 0.05) is 12.8 Å². The molecule has 0 aromatic rings. The van der Waals surface area contributed by atoms with Crippen LogP contribution >= 0.6 is 0 Å². The Balaban J connectivity index is 2.36. The Morgan fingerprint density at radius 1 is 1.53 bits per heavy atom. The third-order valence-corrected chi connectivity index (χ3v) is 3.48. The molecule has 1 heterocycles. The van der Waals surface area contributed by atoms with Crippen molar-refractivity contribution in [1.29, 1.82) is 0 Å². The first-order valence-corrected chi connectivity index (χ1v) is 4.94. The number of carbonyl (C=O) groups is 2. The number of rotatable bonds is 1. The zero-order chi connectivity index (χ0) is 11.1. The molecule has 1 saturated carbocycles. The van der Waals surface area contributed by atoms with E-state index >= 15 is 0 Å². The van der Waals surface area contributed by atoms with Gasteiger partial charge in [0.05, 0.1) is 20.3 Å². The van der Waals surface area contributed by atoms with E-state index in [2.05, 4.69) is 0 Å². The third-order valence-electron chi connectivity index (χ3n) is 3.48. The van der Waals surface area contributed by atoms with Crippen molar-refractivity contribution in [1.82, 2.24) is 0 Å². The van der Waals surface area contributed by atoms with Crippen molar-refractivity contribution in [3.8, 4) is 0 Å². The van der Waals surface area contributed by atoms with E-state index in [0.717, 1.165) is 0 Å². The van der Waals surface area contributed by atoms with Crippen LogP contribution in [0.3, 0.4) is 0 Å². The van der Waals surface area contributed by atoms with Crippen molar-refractivity contribution in [3.63, 3.8) is 0 Å². The molecular weight excluding hydrogens is 200 g/mol. The van der Waals surface area contributed by atoms with Gasteiger partial charge in [-0.1, -0.05) is 0 Å².